The average Bonchev–Trinajstić information content (AvgIpc) is 3.23. The zero-order chi connectivity index (χ0) is 20.5. The Bertz CT molecular complexity index is 1180. The van der Waals surface area contributed by atoms with Crippen LogP contribution in [0.25, 0.3) is 16.7 Å². The third kappa shape index (κ3) is 3.16. The molecule has 8 nitrogen and oxygen atoms in total. The van der Waals surface area contributed by atoms with Gasteiger partial charge in [-0.3, -0.25) is 0 Å². The number of para-hydroxylation sites is 2. The molecule has 3 heterocycles. The van der Waals surface area contributed by atoms with E-state index in [0.717, 1.165) is 60.2 Å². The van der Waals surface area contributed by atoms with Crippen LogP contribution in [0.15, 0.2) is 61.1 Å². The molecule has 1 aliphatic heterocycles. The highest BCUT2D eigenvalue weighted by Gasteiger charge is 2.23. The topological polar surface area (TPSA) is 85.3 Å². The van der Waals surface area contributed by atoms with Gasteiger partial charge < -0.3 is 20.3 Å². The number of ether oxygens (including phenoxy) is 1. The number of rotatable bonds is 4. The lowest BCUT2D eigenvalue weighted by molar-refractivity contribution is 0.413. The van der Waals surface area contributed by atoms with E-state index in [1.165, 1.54) is 0 Å². The molecule has 0 saturated carbocycles. The lowest BCUT2D eigenvalue weighted by Gasteiger charge is -2.37. The number of nitrogen functional groups attached to an aromatic ring is 1. The molecule has 0 bridgehead atoms. The maximum absolute atomic E-state index is 5.94. The first-order valence-corrected chi connectivity index (χ1v) is 9.92. The molecule has 0 spiro atoms. The molecule has 30 heavy (non-hydrogen) atoms. The summed E-state index contributed by atoms with van der Waals surface area (Å²) in [6.45, 7) is 3.48. The Kier molecular flexibility index (Phi) is 4.59. The Balaban J connectivity index is 1.41. The van der Waals surface area contributed by atoms with Gasteiger partial charge in [0.2, 0.25) is 0 Å². The van der Waals surface area contributed by atoms with Crippen LogP contribution in [-0.4, -0.2) is 53.0 Å². The Hall–Kier alpha value is -3.81. The molecule has 1 fully saturated rings. The minimum atomic E-state index is 0.692. The van der Waals surface area contributed by atoms with Crippen LogP contribution in [-0.2, 0) is 0 Å². The molecule has 0 amide bonds. The number of aromatic nitrogens is 4. The van der Waals surface area contributed by atoms with E-state index in [0.29, 0.717) is 5.69 Å². The van der Waals surface area contributed by atoms with Crippen LogP contribution < -0.4 is 20.3 Å². The number of nitrogens with two attached hydrogens (primary N) is 1. The quantitative estimate of drug-likeness (QED) is 0.526. The van der Waals surface area contributed by atoms with Gasteiger partial charge in [0, 0.05) is 31.9 Å². The SMILES string of the molecule is COc1ccccc1N1CCN(c2ncnc3c2cnn3-c2cccc(N)c2)CC1. The third-order valence-electron chi connectivity index (χ3n) is 5.46. The summed E-state index contributed by atoms with van der Waals surface area (Å²) in [7, 11) is 1.71. The number of hydrogen-bond donors (Lipinski definition) is 1. The number of benzene rings is 2. The summed E-state index contributed by atoms with van der Waals surface area (Å²) in [6, 6.07) is 15.8. The van der Waals surface area contributed by atoms with E-state index >= 15 is 0 Å². The number of anilines is 3. The summed E-state index contributed by atoms with van der Waals surface area (Å²) in [5, 5.41) is 5.49. The van der Waals surface area contributed by atoms with Crippen molar-refractivity contribution < 1.29 is 4.74 Å². The van der Waals surface area contributed by atoms with E-state index in [-0.39, 0.29) is 0 Å². The minimum absolute atomic E-state index is 0.692. The molecule has 2 aromatic heterocycles. The standard InChI is InChI=1S/C22H23N7O/c1-30-20-8-3-2-7-19(20)27-9-11-28(12-10-27)21-18-14-26-29(22(18)25-15-24-21)17-6-4-5-16(23)13-17/h2-8,13-15H,9-12,23H2,1H3. The molecule has 2 N–H and O–H groups in total. The number of methoxy groups -OCH3 is 1. The molecule has 0 unspecified atom stereocenters. The van der Waals surface area contributed by atoms with Crippen molar-refractivity contribution >= 4 is 28.2 Å². The van der Waals surface area contributed by atoms with Crippen molar-refractivity contribution in [3.8, 4) is 11.4 Å². The molecule has 0 aliphatic carbocycles. The Morgan fingerprint density at radius 2 is 1.73 bits per heavy atom. The van der Waals surface area contributed by atoms with Gasteiger partial charge in [0.05, 0.1) is 30.1 Å². The van der Waals surface area contributed by atoms with E-state index in [4.69, 9.17) is 10.5 Å². The van der Waals surface area contributed by atoms with Gasteiger partial charge in [0.25, 0.3) is 0 Å². The lowest BCUT2D eigenvalue weighted by atomic mass is 10.2. The van der Waals surface area contributed by atoms with E-state index in [1.807, 2.05) is 53.3 Å². The van der Waals surface area contributed by atoms with E-state index in [1.54, 1.807) is 13.4 Å². The fraction of sp³-hybridized carbons (Fsp3) is 0.227. The Morgan fingerprint density at radius 1 is 0.933 bits per heavy atom. The highest BCUT2D eigenvalue weighted by molar-refractivity contribution is 5.88. The summed E-state index contributed by atoms with van der Waals surface area (Å²) >= 11 is 0. The first kappa shape index (κ1) is 18.2. The molecular weight excluding hydrogens is 378 g/mol. The van der Waals surface area contributed by atoms with Gasteiger partial charge in [0.1, 0.15) is 17.9 Å². The van der Waals surface area contributed by atoms with Crippen molar-refractivity contribution in [3.63, 3.8) is 0 Å². The fourth-order valence-electron chi connectivity index (χ4n) is 3.98. The van der Waals surface area contributed by atoms with E-state index in [2.05, 4.69) is 30.9 Å². The average molecular weight is 401 g/mol. The van der Waals surface area contributed by atoms with E-state index in [9.17, 15) is 0 Å². The van der Waals surface area contributed by atoms with Gasteiger partial charge in [-0.2, -0.15) is 5.10 Å². The number of nitrogens with zero attached hydrogens (tertiary/aromatic N) is 6. The van der Waals surface area contributed by atoms with Crippen molar-refractivity contribution in [1.29, 1.82) is 0 Å². The van der Waals surface area contributed by atoms with Crippen LogP contribution in [0, 0.1) is 0 Å². The maximum Gasteiger partial charge on any atom is 0.168 e. The van der Waals surface area contributed by atoms with Crippen molar-refractivity contribution in [1.82, 2.24) is 19.7 Å². The molecule has 0 radical (unpaired) electrons. The van der Waals surface area contributed by atoms with Gasteiger partial charge in [-0.15, -0.1) is 0 Å². The molecule has 1 saturated heterocycles. The summed E-state index contributed by atoms with van der Waals surface area (Å²) in [5.74, 6) is 1.81. The largest absolute Gasteiger partial charge is 0.495 e. The van der Waals surface area contributed by atoms with E-state index < -0.39 is 0 Å². The lowest BCUT2D eigenvalue weighted by Crippen LogP contribution is -2.47. The van der Waals surface area contributed by atoms with Crippen LogP contribution in [0.5, 0.6) is 5.75 Å². The smallest absolute Gasteiger partial charge is 0.168 e. The highest BCUT2D eigenvalue weighted by atomic mass is 16.5. The van der Waals surface area contributed by atoms with Gasteiger partial charge in [0.15, 0.2) is 5.65 Å². The second-order valence-corrected chi connectivity index (χ2v) is 7.23. The normalized spacial score (nSPS) is 14.3. The molecule has 152 valence electrons. The summed E-state index contributed by atoms with van der Waals surface area (Å²) in [5.41, 5.74) is 9.42. The van der Waals surface area contributed by atoms with Crippen LogP contribution in [0.4, 0.5) is 17.2 Å². The highest BCUT2D eigenvalue weighted by Crippen LogP contribution is 2.30. The van der Waals surface area contributed by atoms with Gasteiger partial charge in [-0.25, -0.2) is 14.6 Å². The van der Waals surface area contributed by atoms with Crippen LogP contribution in [0.1, 0.15) is 0 Å². The van der Waals surface area contributed by atoms with Crippen LogP contribution in [0.2, 0.25) is 0 Å². The number of hydrogen-bond acceptors (Lipinski definition) is 7. The molecule has 2 aromatic carbocycles. The predicted octanol–water partition coefficient (Wildman–Crippen LogP) is 2.73. The first-order valence-electron chi connectivity index (χ1n) is 9.92. The van der Waals surface area contributed by atoms with Crippen molar-refractivity contribution in [2.75, 3.05) is 48.8 Å². The fourth-order valence-corrected chi connectivity index (χ4v) is 3.98. The molecule has 1 aliphatic rings. The molecule has 5 rings (SSSR count). The Morgan fingerprint density at radius 3 is 2.53 bits per heavy atom. The third-order valence-corrected chi connectivity index (χ3v) is 5.46. The zero-order valence-corrected chi connectivity index (χ0v) is 16.8. The van der Waals surface area contributed by atoms with Gasteiger partial charge in [-0.05, 0) is 30.3 Å². The van der Waals surface area contributed by atoms with Gasteiger partial charge >= 0.3 is 0 Å². The summed E-state index contributed by atoms with van der Waals surface area (Å²) < 4.78 is 7.33. The second kappa shape index (κ2) is 7.55. The number of piperazine rings is 1. The first-order chi connectivity index (χ1) is 14.7. The Labute approximate surface area is 174 Å². The molecule has 0 atom stereocenters. The van der Waals surface area contributed by atoms with Crippen molar-refractivity contribution in [2.45, 2.75) is 0 Å². The minimum Gasteiger partial charge on any atom is -0.495 e. The maximum atomic E-state index is 5.94. The molecule has 4 aromatic rings. The monoisotopic (exact) mass is 401 g/mol. The summed E-state index contributed by atoms with van der Waals surface area (Å²) in [6.07, 6.45) is 3.44. The van der Waals surface area contributed by atoms with Crippen LogP contribution in [0.3, 0.4) is 0 Å². The summed E-state index contributed by atoms with van der Waals surface area (Å²) in [4.78, 5) is 13.7. The predicted molar refractivity (Wildman–Crippen MR) is 118 cm³/mol. The van der Waals surface area contributed by atoms with Gasteiger partial charge in [-0.1, -0.05) is 18.2 Å². The molecule has 8 heteroatoms. The molecular formula is C22H23N7O. The zero-order valence-electron chi connectivity index (χ0n) is 16.8. The number of fused-ring (bicyclic) bond motifs is 1. The van der Waals surface area contributed by atoms with Crippen molar-refractivity contribution in [3.05, 3.63) is 61.1 Å². The van der Waals surface area contributed by atoms with Crippen LogP contribution >= 0.6 is 0 Å². The van der Waals surface area contributed by atoms with Crippen molar-refractivity contribution in [2.24, 2.45) is 0 Å². The second-order valence-electron chi connectivity index (χ2n) is 7.23.